The molecule has 0 aliphatic heterocycles. The van der Waals surface area contributed by atoms with E-state index in [1.807, 2.05) is 0 Å². The van der Waals surface area contributed by atoms with E-state index in [1.54, 1.807) is 6.07 Å². The Morgan fingerprint density at radius 1 is 1.43 bits per heavy atom. The molecule has 0 unspecified atom stereocenters. The Kier molecular flexibility index (Phi) is 4.57. The summed E-state index contributed by atoms with van der Waals surface area (Å²) in [6.45, 7) is 2.00. The van der Waals surface area contributed by atoms with Gasteiger partial charge in [0.15, 0.2) is 0 Å². The third kappa shape index (κ3) is 3.39. The predicted molar refractivity (Wildman–Crippen MR) is 78.0 cm³/mol. The van der Waals surface area contributed by atoms with Gasteiger partial charge in [-0.25, -0.2) is 0 Å². The number of para-hydroxylation sites is 1. The molecule has 1 aliphatic rings. The van der Waals surface area contributed by atoms with Crippen LogP contribution in [0.1, 0.15) is 43.0 Å². The van der Waals surface area contributed by atoms with E-state index in [1.165, 1.54) is 18.2 Å². The van der Waals surface area contributed by atoms with Crippen molar-refractivity contribution in [3.05, 3.63) is 39.9 Å². The Balaban J connectivity index is 2.19. The Labute approximate surface area is 123 Å². The maximum atomic E-state index is 12.4. The van der Waals surface area contributed by atoms with Gasteiger partial charge in [0, 0.05) is 6.07 Å². The van der Waals surface area contributed by atoms with Gasteiger partial charge in [-0.1, -0.05) is 19.1 Å². The zero-order valence-corrected chi connectivity index (χ0v) is 12.0. The van der Waals surface area contributed by atoms with Crippen LogP contribution in [0.2, 0.25) is 0 Å². The number of aliphatic hydroxyl groups excluding tert-OH is 1. The van der Waals surface area contributed by atoms with Crippen LogP contribution in [0.4, 0.5) is 5.69 Å². The maximum Gasteiger partial charge on any atom is 0.282 e. The van der Waals surface area contributed by atoms with E-state index in [0.717, 1.165) is 12.8 Å². The molecular weight excluding hydrogens is 272 g/mol. The van der Waals surface area contributed by atoms with E-state index >= 15 is 0 Å². The van der Waals surface area contributed by atoms with Crippen molar-refractivity contribution >= 4 is 11.6 Å². The molecule has 1 fully saturated rings. The van der Waals surface area contributed by atoms with Crippen LogP contribution in [-0.2, 0) is 0 Å². The number of hydrogen-bond donors (Lipinski definition) is 2. The first-order chi connectivity index (χ1) is 9.97. The second-order valence-corrected chi connectivity index (χ2v) is 5.85. The summed E-state index contributed by atoms with van der Waals surface area (Å²) in [5.74, 6) is 0.0820. The molecule has 0 radical (unpaired) electrons. The van der Waals surface area contributed by atoms with Crippen LogP contribution in [0.5, 0.6) is 0 Å². The lowest BCUT2D eigenvalue weighted by Crippen LogP contribution is -2.53. The van der Waals surface area contributed by atoms with Crippen molar-refractivity contribution in [3.63, 3.8) is 0 Å². The van der Waals surface area contributed by atoms with Crippen LogP contribution in [-0.4, -0.2) is 28.1 Å². The molecule has 0 atom stereocenters. The molecule has 1 amide bonds. The van der Waals surface area contributed by atoms with Gasteiger partial charge in [0.1, 0.15) is 5.56 Å². The highest BCUT2D eigenvalue weighted by Crippen LogP contribution is 2.32. The van der Waals surface area contributed by atoms with Gasteiger partial charge in [-0.3, -0.25) is 14.9 Å². The van der Waals surface area contributed by atoms with Crippen LogP contribution < -0.4 is 5.32 Å². The van der Waals surface area contributed by atoms with Crippen molar-refractivity contribution in [2.24, 2.45) is 5.92 Å². The number of amides is 1. The van der Waals surface area contributed by atoms with E-state index in [9.17, 15) is 20.0 Å². The number of nitro benzene ring substituents is 1. The molecule has 0 heterocycles. The summed E-state index contributed by atoms with van der Waals surface area (Å²) < 4.78 is 0. The molecule has 1 saturated carbocycles. The van der Waals surface area contributed by atoms with Gasteiger partial charge in [0.2, 0.25) is 0 Å². The maximum absolute atomic E-state index is 12.4. The van der Waals surface area contributed by atoms with Crippen LogP contribution >= 0.6 is 0 Å². The Hall–Kier alpha value is -1.95. The average Bonchev–Trinajstić information content (AvgIpc) is 2.49. The molecule has 0 aromatic heterocycles. The fraction of sp³-hybridized carbons (Fsp3) is 0.533. The van der Waals surface area contributed by atoms with Gasteiger partial charge >= 0.3 is 0 Å². The highest BCUT2D eigenvalue weighted by Gasteiger charge is 2.36. The fourth-order valence-corrected chi connectivity index (χ4v) is 2.77. The molecule has 1 aromatic carbocycles. The largest absolute Gasteiger partial charge is 0.394 e. The molecule has 114 valence electrons. The third-order valence-electron chi connectivity index (χ3n) is 4.26. The Morgan fingerprint density at radius 2 is 2.05 bits per heavy atom. The summed E-state index contributed by atoms with van der Waals surface area (Å²) in [4.78, 5) is 22.8. The number of carbonyl (C=O) groups excluding carboxylic acids is 1. The molecule has 2 rings (SSSR count). The second kappa shape index (κ2) is 6.22. The predicted octanol–water partition coefficient (Wildman–Crippen LogP) is 2.27. The normalized spacial score (nSPS) is 25.3. The number of nitrogens with zero attached hydrogens (tertiary/aromatic N) is 1. The molecule has 1 aliphatic carbocycles. The Bertz CT molecular complexity index is 536. The quantitative estimate of drug-likeness (QED) is 0.657. The van der Waals surface area contributed by atoms with Crippen molar-refractivity contribution in [3.8, 4) is 0 Å². The van der Waals surface area contributed by atoms with Crippen molar-refractivity contribution in [1.82, 2.24) is 5.32 Å². The second-order valence-electron chi connectivity index (χ2n) is 5.85. The minimum absolute atomic E-state index is 0.0361. The van der Waals surface area contributed by atoms with Crippen LogP contribution in [0.25, 0.3) is 0 Å². The molecule has 6 heteroatoms. The summed E-state index contributed by atoms with van der Waals surface area (Å²) in [5, 5.41) is 23.5. The lowest BCUT2D eigenvalue weighted by Gasteiger charge is -2.38. The number of nitro groups is 1. The topological polar surface area (TPSA) is 92.5 Å². The monoisotopic (exact) mass is 292 g/mol. The van der Waals surface area contributed by atoms with Gasteiger partial charge in [-0.2, -0.15) is 0 Å². The summed E-state index contributed by atoms with van der Waals surface area (Å²) in [5.41, 5.74) is -0.839. The molecule has 2 N–H and O–H groups in total. The summed E-state index contributed by atoms with van der Waals surface area (Å²) in [7, 11) is 0. The zero-order chi connectivity index (χ0) is 15.5. The third-order valence-corrected chi connectivity index (χ3v) is 4.26. The fourth-order valence-electron chi connectivity index (χ4n) is 2.77. The van der Waals surface area contributed by atoms with E-state index in [0.29, 0.717) is 18.8 Å². The number of carbonyl (C=O) groups is 1. The van der Waals surface area contributed by atoms with Gasteiger partial charge < -0.3 is 10.4 Å². The van der Waals surface area contributed by atoms with Gasteiger partial charge in [-0.15, -0.1) is 0 Å². The first kappa shape index (κ1) is 15.4. The SMILES string of the molecule is CC1CCC(CO)(NC(=O)c2ccccc2[N+](=O)[O-])CC1. The number of nitrogens with one attached hydrogen (secondary N) is 1. The summed E-state index contributed by atoms with van der Waals surface area (Å²) in [6.07, 6.45) is 3.24. The molecular formula is C15H20N2O4. The van der Waals surface area contributed by atoms with Gasteiger partial charge in [-0.05, 0) is 37.7 Å². The van der Waals surface area contributed by atoms with Crippen LogP contribution in [0.15, 0.2) is 24.3 Å². The number of hydrogen-bond acceptors (Lipinski definition) is 4. The van der Waals surface area contributed by atoms with E-state index in [2.05, 4.69) is 12.2 Å². The van der Waals surface area contributed by atoms with E-state index in [4.69, 9.17) is 0 Å². The van der Waals surface area contributed by atoms with Crippen LogP contribution in [0.3, 0.4) is 0 Å². The minimum atomic E-state index is -0.659. The lowest BCUT2D eigenvalue weighted by molar-refractivity contribution is -0.385. The van der Waals surface area contributed by atoms with Crippen molar-refractivity contribution in [2.45, 2.75) is 38.1 Å². The first-order valence-electron chi connectivity index (χ1n) is 7.14. The Morgan fingerprint density at radius 3 is 2.62 bits per heavy atom. The molecule has 1 aromatic rings. The molecule has 21 heavy (non-hydrogen) atoms. The standard InChI is InChI=1S/C15H20N2O4/c1-11-6-8-15(10-18,9-7-11)16-14(19)12-4-2-3-5-13(12)17(20)21/h2-5,11,18H,6-10H2,1H3,(H,16,19). The molecule has 6 nitrogen and oxygen atoms in total. The zero-order valence-electron chi connectivity index (χ0n) is 12.0. The average molecular weight is 292 g/mol. The highest BCUT2D eigenvalue weighted by molar-refractivity contribution is 5.98. The van der Waals surface area contributed by atoms with E-state index in [-0.39, 0.29) is 17.9 Å². The molecule has 0 bridgehead atoms. The van der Waals surface area contributed by atoms with Gasteiger partial charge in [0.05, 0.1) is 17.1 Å². The first-order valence-corrected chi connectivity index (χ1v) is 7.14. The van der Waals surface area contributed by atoms with Crippen LogP contribution in [0, 0.1) is 16.0 Å². The highest BCUT2D eigenvalue weighted by atomic mass is 16.6. The molecule has 0 saturated heterocycles. The minimum Gasteiger partial charge on any atom is -0.394 e. The number of aliphatic hydroxyl groups is 1. The number of rotatable bonds is 4. The lowest BCUT2D eigenvalue weighted by atomic mass is 9.77. The van der Waals surface area contributed by atoms with Crippen molar-refractivity contribution in [1.29, 1.82) is 0 Å². The van der Waals surface area contributed by atoms with Crippen molar-refractivity contribution < 1.29 is 14.8 Å². The number of benzene rings is 1. The summed E-state index contributed by atoms with van der Waals surface area (Å²) >= 11 is 0. The smallest absolute Gasteiger partial charge is 0.282 e. The summed E-state index contributed by atoms with van der Waals surface area (Å²) in [6, 6.07) is 5.86. The van der Waals surface area contributed by atoms with Crippen molar-refractivity contribution in [2.75, 3.05) is 6.61 Å². The van der Waals surface area contributed by atoms with Gasteiger partial charge in [0.25, 0.3) is 11.6 Å². The molecule has 0 spiro atoms. The van der Waals surface area contributed by atoms with E-state index < -0.39 is 16.4 Å².